The number of ether oxygens (including phenoxy) is 1. The molecule has 0 saturated heterocycles. The quantitative estimate of drug-likeness (QED) is 0.725. The van der Waals surface area contributed by atoms with E-state index in [0.29, 0.717) is 13.0 Å². The number of methoxy groups -OCH3 is 1. The lowest BCUT2D eigenvalue weighted by Crippen LogP contribution is -2.26. The summed E-state index contributed by atoms with van der Waals surface area (Å²) < 4.78 is 12.7. The van der Waals surface area contributed by atoms with Gasteiger partial charge in [-0.1, -0.05) is 12.1 Å². The number of carbonyl (C=O) groups excluding carboxylic acids is 1. The zero-order chi connectivity index (χ0) is 16.8. The van der Waals surface area contributed by atoms with Crippen molar-refractivity contribution < 1.29 is 13.9 Å². The molecule has 0 spiro atoms. The Balaban J connectivity index is 1.63. The van der Waals surface area contributed by atoms with Crippen molar-refractivity contribution in [1.29, 1.82) is 0 Å². The number of rotatable bonds is 7. The van der Waals surface area contributed by atoms with Gasteiger partial charge < -0.3 is 19.0 Å². The molecule has 1 aromatic carbocycles. The van der Waals surface area contributed by atoms with Crippen LogP contribution < -0.4 is 10.1 Å². The van der Waals surface area contributed by atoms with E-state index in [-0.39, 0.29) is 11.9 Å². The smallest absolute Gasteiger partial charge is 0.222 e. The number of aromatic nitrogens is 1. The fourth-order valence-corrected chi connectivity index (χ4v) is 2.62. The number of nitrogens with one attached hydrogen (secondary N) is 1. The molecule has 1 atom stereocenters. The van der Waals surface area contributed by atoms with Crippen LogP contribution in [-0.4, -0.2) is 17.6 Å². The topological polar surface area (TPSA) is 56.4 Å². The average Bonchev–Trinajstić information content (AvgIpc) is 3.31. The highest BCUT2D eigenvalue weighted by Crippen LogP contribution is 2.22. The van der Waals surface area contributed by atoms with E-state index < -0.39 is 0 Å². The Morgan fingerprint density at radius 2 is 2.04 bits per heavy atom. The molecule has 124 valence electrons. The van der Waals surface area contributed by atoms with Crippen LogP contribution in [0.4, 0.5) is 0 Å². The SMILES string of the molecule is COc1cccc(CNC(=O)C[C@H](c2ccco2)n2cccc2)c1. The lowest BCUT2D eigenvalue weighted by atomic mass is 10.1. The Labute approximate surface area is 140 Å². The summed E-state index contributed by atoms with van der Waals surface area (Å²) in [6, 6.07) is 15.1. The van der Waals surface area contributed by atoms with Crippen molar-refractivity contribution in [2.45, 2.75) is 19.0 Å². The van der Waals surface area contributed by atoms with Gasteiger partial charge in [0.15, 0.2) is 0 Å². The minimum atomic E-state index is -0.152. The van der Waals surface area contributed by atoms with E-state index in [1.807, 2.05) is 65.5 Å². The normalized spacial score (nSPS) is 11.9. The van der Waals surface area contributed by atoms with E-state index in [1.54, 1.807) is 13.4 Å². The molecular weight excluding hydrogens is 304 g/mol. The van der Waals surface area contributed by atoms with Gasteiger partial charge in [-0.15, -0.1) is 0 Å². The summed E-state index contributed by atoms with van der Waals surface area (Å²) in [5.74, 6) is 1.51. The maximum Gasteiger partial charge on any atom is 0.222 e. The molecule has 5 heteroatoms. The summed E-state index contributed by atoms with van der Waals surface area (Å²) >= 11 is 0. The van der Waals surface area contributed by atoms with Crippen molar-refractivity contribution >= 4 is 5.91 Å². The second-order valence-corrected chi connectivity index (χ2v) is 5.49. The van der Waals surface area contributed by atoms with Crippen molar-refractivity contribution in [2.75, 3.05) is 7.11 Å². The summed E-state index contributed by atoms with van der Waals surface area (Å²) in [4.78, 5) is 12.4. The fraction of sp³-hybridized carbons (Fsp3) is 0.211. The molecule has 0 aliphatic heterocycles. The number of hydrogen-bond acceptors (Lipinski definition) is 3. The van der Waals surface area contributed by atoms with E-state index in [1.165, 1.54) is 0 Å². The maximum atomic E-state index is 12.4. The second kappa shape index (κ2) is 7.55. The minimum absolute atomic E-state index is 0.0343. The van der Waals surface area contributed by atoms with Crippen molar-refractivity contribution in [3.63, 3.8) is 0 Å². The third-order valence-corrected chi connectivity index (χ3v) is 3.86. The second-order valence-electron chi connectivity index (χ2n) is 5.49. The van der Waals surface area contributed by atoms with Crippen molar-refractivity contribution in [3.8, 4) is 5.75 Å². The maximum absolute atomic E-state index is 12.4. The molecule has 5 nitrogen and oxygen atoms in total. The van der Waals surface area contributed by atoms with Crippen LogP contribution in [0.3, 0.4) is 0 Å². The summed E-state index contributed by atoms with van der Waals surface area (Å²) in [6.07, 6.45) is 5.80. The summed E-state index contributed by atoms with van der Waals surface area (Å²) in [5.41, 5.74) is 0.998. The van der Waals surface area contributed by atoms with Crippen molar-refractivity contribution in [2.24, 2.45) is 0 Å². The zero-order valence-corrected chi connectivity index (χ0v) is 13.5. The van der Waals surface area contributed by atoms with Crippen LogP contribution in [0.15, 0.2) is 71.6 Å². The zero-order valence-electron chi connectivity index (χ0n) is 13.5. The molecule has 2 heterocycles. The Kier molecular flexibility index (Phi) is 5.01. The summed E-state index contributed by atoms with van der Waals surface area (Å²) in [5, 5.41) is 2.96. The largest absolute Gasteiger partial charge is 0.497 e. The molecule has 0 aliphatic rings. The van der Waals surface area contributed by atoms with Crippen LogP contribution >= 0.6 is 0 Å². The average molecular weight is 324 g/mol. The van der Waals surface area contributed by atoms with E-state index in [2.05, 4.69) is 5.32 Å². The Morgan fingerprint density at radius 3 is 2.75 bits per heavy atom. The Hall–Kier alpha value is -2.95. The molecule has 2 aromatic heterocycles. The van der Waals surface area contributed by atoms with E-state index in [4.69, 9.17) is 9.15 Å². The Bertz CT molecular complexity index is 730. The first-order valence-corrected chi connectivity index (χ1v) is 7.82. The molecular formula is C19H20N2O3. The summed E-state index contributed by atoms with van der Waals surface area (Å²) in [7, 11) is 1.63. The highest BCUT2D eigenvalue weighted by Gasteiger charge is 2.19. The molecule has 1 N–H and O–H groups in total. The molecule has 0 radical (unpaired) electrons. The van der Waals surface area contributed by atoms with Gasteiger partial charge in [0.1, 0.15) is 11.5 Å². The van der Waals surface area contributed by atoms with E-state index in [9.17, 15) is 4.79 Å². The van der Waals surface area contributed by atoms with Crippen molar-refractivity contribution in [3.05, 3.63) is 78.5 Å². The van der Waals surface area contributed by atoms with Gasteiger partial charge in [-0.3, -0.25) is 4.79 Å². The fourth-order valence-electron chi connectivity index (χ4n) is 2.62. The van der Waals surface area contributed by atoms with E-state index >= 15 is 0 Å². The van der Waals surface area contributed by atoms with Gasteiger partial charge in [0.2, 0.25) is 5.91 Å². The van der Waals surface area contributed by atoms with Crippen LogP contribution in [-0.2, 0) is 11.3 Å². The van der Waals surface area contributed by atoms with Crippen LogP contribution in [0.2, 0.25) is 0 Å². The first-order valence-electron chi connectivity index (χ1n) is 7.82. The number of hydrogen-bond donors (Lipinski definition) is 1. The van der Waals surface area contributed by atoms with Crippen LogP contribution in [0.5, 0.6) is 5.75 Å². The predicted octanol–water partition coefficient (Wildman–Crippen LogP) is 3.39. The van der Waals surface area contributed by atoms with Gasteiger partial charge in [-0.05, 0) is 42.0 Å². The first kappa shape index (κ1) is 15.9. The van der Waals surface area contributed by atoms with Crippen molar-refractivity contribution in [1.82, 2.24) is 9.88 Å². The van der Waals surface area contributed by atoms with Gasteiger partial charge in [0.05, 0.1) is 25.8 Å². The molecule has 3 rings (SSSR count). The number of benzene rings is 1. The molecule has 0 bridgehead atoms. The van der Waals surface area contributed by atoms with Gasteiger partial charge in [-0.25, -0.2) is 0 Å². The molecule has 0 fully saturated rings. The van der Waals surface area contributed by atoms with E-state index in [0.717, 1.165) is 17.1 Å². The highest BCUT2D eigenvalue weighted by atomic mass is 16.5. The monoisotopic (exact) mass is 324 g/mol. The highest BCUT2D eigenvalue weighted by molar-refractivity contribution is 5.76. The molecule has 0 aliphatic carbocycles. The predicted molar refractivity (Wildman–Crippen MR) is 90.7 cm³/mol. The van der Waals surface area contributed by atoms with Gasteiger partial charge in [-0.2, -0.15) is 0 Å². The van der Waals surface area contributed by atoms with Gasteiger partial charge in [0.25, 0.3) is 0 Å². The van der Waals surface area contributed by atoms with Crippen LogP contribution in [0.25, 0.3) is 0 Å². The standard InChI is InChI=1S/C19H20N2O3/c1-23-16-7-4-6-15(12-16)14-20-19(22)13-17(18-8-5-11-24-18)21-9-2-3-10-21/h2-12,17H,13-14H2,1H3,(H,20,22)/t17-/m1/s1. The minimum Gasteiger partial charge on any atom is -0.497 e. The van der Waals surface area contributed by atoms with Crippen LogP contribution in [0, 0.1) is 0 Å². The molecule has 0 unspecified atom stereocenters. The Morgan fingerprint density at radius 1 is 1.21 bits per heavy atom. The molecule has 1 amide bonds. The van der Waals surface area contributed by atoms with Crippen LogP contribution in [0.1, 0.15) is 23.8 Å². The molecule has 24 heavy (non-hydrogen) atoms. The number of furan rings is 1. The van der Waals surface area contributed by atoms with Gasteiger partial charge >= 0.3 is 0 Å². The molecule has 0 saturated carbocycles. The third kappa shape index (κ3) is 3.87. The summed E-state index contributed by atoms with van der Waals surface area (Å²) in [6.45, 7) is 0.465. The number of amides is 1. The molecule has 3 aromatic rings. The third-order valence-electron chi connectivity index (χ3n) is 3.86. The first-order chi connectivity index (χ1) is 11.8. The number of carbonyl (C=O) groups is 1. The van der Waals surface area contributed by atoms with Gasteiger partial charge in [0, 0.05) is 18.9 Å². The lowest BCUT2D eigenvalue weighted by Gasteiger charge is -2.16. The number of nitrogens with zero attached hydrogens (tertiary/aromatic N) is 1. The lowest BCUT2D eigenvalue weighted by molar-refractivity contribution is -0.121.